The maximum absolute atomic E-state index is 12.9. The van der Waals surface area contributed by atoms with Crippen molar-refractivity contribution in [3.8, 4) is 11.5 Å². The minimum Gasteiger partial charge on any atom is -0.454 e. The molecule has 0 fully saturated rings. The van der Waals surface area contributed by atoms with Gasteiger partial charge in [-0.2, -0.15) is 0 Å². The molecule has 0 atom stereocenters. The molecule has 33 heavy (non-hydrogen) atoms. The second-order valence-electron chi connectivity index (χ2n) is 8.05. The van der Waals surface area contributed by atoms with Crippen LogP contribution in [0.1, 0.15) is 16.7 Å². The first kappa shape index (κ1) is 21.0. The number of nitrogens with one attached hydrogen (secondary N) is 2. The largest absolute Gasteiger partial charge is 0.454 e. The topological polar surface area (TPSA) is 66.6 Å². The molecule has 1 aromatic heterocycles. The molecule has 4 aromatic rings. The van der Waals surface area contributed by atoms with Crippen LogP contribution in [-0.4, -0.2) is 21.8 Å². The molecule has 0 saturated heterocycles. The molecule has 0 saturated carbocycles. The van der Waals surface area contributed by atoms with Gasteiger partial charge < -0.3 is 24.7 Å². The monoisotopic (exact) mass is 457 g/mol. The van der Waals surface area contributed by atoms with Gasteiger partial charge in [0.05, 0.1) is 12.1 Å². The summed E-state index contributed by atoms with van der Waals surface area (Å²) in [5, 5.41) is 4.74. The van der Waals surface area contributed by atoms with E-state index in [0.29, 0.717) is 40.8 Å². The number of aromatic nitrogens is 1. The lowest BCUT2D eigenvalue weighted by Gasteiger charge is -2.26. The van der Waals surface area contributed by atoms with Crippen LogP contribution in [0.25, 0.3) is 10.9 Å². The van der Waals surface area contributed by atoms with Gasteiger partial charge in [0.15, 0.2) is 16.6 Å². The Morgan fingerprint density at radius 3 is 2.48 bits per heavy atom. The van der Waals surface area contributed by atoms with Crippen molar-refractivity contribution in [3.05, 3.63) is 99.8 Å². The first-order chi connectivity index (χ1) is 16.0. The number of hydrogen-bond acceptors (Lipinski definition) is 4. The number of fused-ring (bicyclic) bond motifs is 2. The zero-order valence-corrected chi connectivity index (χ0v) is 18.9. The number of aryl methyl sites for hydroxylation is 1. The number of hydrogen-bond donors (Lipinski definition) is 2. The Hall–Kier alpha value is -3.84. The maximum atomic E-state index is 12.9. The Kier molecular flexibility index (Phi) is 5.71. The number of benzene rings is 3. The Balaban J connectivity index is 1.45. The first-order valence-corrected chi connectivity index (χ1v) is 11.1. The highest BCUT2D eigenvalue weighted by Crippen LogP contribution is 2.35. The quantitative estimate of drug-likeness (QED) is 0.413. The van der Waals surface area contributed by atoms with Gasteiger partial charge in [-0.05, 0) is 49.0 Å². The zero-order chi connectivity index (χ0) is 22.8. The second kappa shape index (κ2) is 8.96. The van der Waals surface area contributed by atoms with Gasteiger partial charge in [-0.1, -0.05) is 48.0 Å². The third kappa shape index (κ3) is 4.68. The minimum absolute atomic E-state index is 0.155. The van der Waals surface area contributed by atoms with Crippen LogP contribution in [0.3, 0.4) is 0 Å². The summed E-state index contributed by atoms with van der Waals surface area (Å²) in [4.78, 5) is 17.9. The van der Waals surface area contributed by atoms with Crippen molar-refractivity contribution in [1.29, 1.82) is 0 Å². The number of thiocarbonyl (C=S) groups is 1. The number of rotatable bonds is 5. The van der Waals surface area contributed by atoms with E-state index in [2.05, 4.69) is 10.3 Å². The van der Waals surface area contributed by atoms with Crippen molar-refractivity contribution >= 4 is 33.9 Å². The molecule has 3 aromatic carbocycles. The Labute approximate surface area is 196 Å². The summed E-state index contributed by atoms with van der Waals surface area (Å²) in [6.45, 7) is 3.15. The molecule has 1 aliphatic heterocycles. The summed E-state index contributed by atoms with van der Waals surface area (Å²) in [5.74, 6) is 1.32. The fourth-order valence-electron chi connectivity index (χ4n) is 3.81. The highest BCUT2D eigenvalue weighted by molar-refractivity contribution is 7.80. The van der Waals surface area contributed by atoms with Gasteiger partial charge in [-0.15, -0.1) is 0 Å². The highest BCUT2D eigenvalue weighted by atomic mass is 32.1. The van der Waals surface area contributed by atoms with Crippen molar-refractivity contribution in [2.75, 3.05) is 12.1 Å². The number of anilines is 1. The van der Waals surface area contributed by atoms with E-state index >= 15 is 0 Å². The molecule has 2 heterocycles. The first-order valence-electron chi connectivity index (χ1n) is 10.7. The van der Waals surface area contributed by atoms with Gasteiger partial charge in [-0.3, -0.25) is 4.79 Å². The summed E-state index contributed by atoms with van der Waals surface area (Å²) in [7, 11) is 0. The average Bonchev–Trinajstić information content (AvgIpc) is 3.27. The van der Waals surface area contributed by atoms with E-state index in [1.807, 2.05) is 78.6 Å². The van der Waals surface area contributed by atoms with Crippen LogP contribution in [0.15, 0.2) is 77.6 Å². The van der Waals surface area contributed by atoms with Crippen LogP contribution in [0.4, 0.5) is 5.69 Å². The lowest BCUT2D eigenvalue weighted by molar-refractivity contribution is 0.174. The smallest absolute Gasteiger partial charge is 0.253 e. The molecule has 2 N–H and O–H groups in total. The zero-order valence-electron chi connectivity index (χ0n) is 18.1. The normalized spacial score (nSPS) is 12.0. The third-order valence-electron chi connectivity index (χ3n) is 5.58. The molecular weight excluding hydrogens is 434 g/mol. The number of ether oxygens (including phenoxy) is 2. The lowest BCUT2D eigenvalue weighted by Crippen LogP contribution is -2.35. The summed E-state index contributed by atoms with van der Waals surface area (Å²) >= 11 is 5.76. The van der Waals surface area contributed by atoms with Crippen LogP contribution in [0, 0.1) is 6.92 Å². The lowest BCUT2D eigenvalue weighted by atomic mass is 10.1. The van der Waals surface area contributed by atoms with Gasteiger partial charge in [0.1, 0.15) is 0 Å². The van der Waals surface area contributed by atoms with Gasteiger partial charge in [0, 0.05) is 29.2 Å². The molecule has 0 spiro atoms. The van der Waals surface area contributed by atoms with E-state index in [9.17, 15) is 4.79 Å². The molecule has 1 aliphatic rings. The molecule has 0 amide bonds. The number of H-pyrrole nitrogens is 1. The van der Waals surface area contributed by atoms with Crippen molar-refractivity contribution in [1.82, 2.24) is 9.88 Å². The molecule has 0 radical (unpaired) electrons. The molecule has 0 aliphatic carbocycles. The van der Waals surface area contributed by atoms with Gasteiger partial charge >= 0.3 is 0 Å². The van der Waals surface area contributed by atoms with Crippen molar-refractivity contribution in [2.45, 2.75) is 20.0 Å². The standard InChI is InChI=1S/C26H23N3O3S/c1-17-7-9-21(10-8-17)27-26(33)29(14-18-5-3-2-4-6-18)15-20-11-19-12-23-24(32-16-31-23)13-22(19)28-25(20)30/h2-13H,14-16H2,1H3,(H,27,33)(H,28,30). The molecule has 0 unspecified atom stereocenters. The van der Waals surface area contributed by atoms with Crippen LogP contribution in [0.5, 0.6) is 11.5 Å². The summed E-state index contributed by atoms with van der Waals surface area (Å²) in [5.41, 5.74) is 4.36. The van der Waals surface area contributed by atoms with E-state index in [-0.39, 0.29) is 12.4 Å². The molecule has 6 nitrogen and oxygen atoms in total. The second-order valence-corrected chi connectivity index (χ2v) is 8.44. The predicted molar refractivity (Wildman–Crippen MR) is 134 cm³/mol. The SMILES string of the molecule is Cc1ccc(NC(=S)N(Cc2ccccc2)Cc2cc3cc4c(cc3[nH]c2=O)OCO4)cc1. The molecule has 0 bridgehead atoms. The Morgan fingerprint density at radius 1 is 1.00 bits per heavy atom. The predicted octanol–water partition coefficient (Wildman–Crippen LogP) is 4.96. The Morgan fingerprint density at radius 2 is 1.73 bits per heavy atom. The molecular formula is C26H23N3O3S. The molecule has 7 heteroatoms. The van der Waals surface area contributed by atoms with Gasteiger partial charge in [0.2, 0.25) is 6.79 Å². The van der Waals surface area contributed by atoms with Crippen LogP contribution < -0.4 is 20.3 Å². The maximum Gasteiger partial charge on any atom is 0.253 e. The minimum atomic E-state index is -0.155. The van der Waals surface area contributed by atoms with Crippen molar-refractivity contribution in [3.63, 3.8) is 0 Å². The fourth-order valence-corrected chi connectivity index (χ4v) is 4.05. The number of pyridine rings is 1. The van der Waals surface area contributed by atoms with Gasteiger partial charge in [0.25, 0.3) is 5.56 Å². The molecule has 166 valence electrons. The fraction of sp³-hybridized carbons (Fsp3) is 0.154. The van der Waals surface area contributed by atoms with Crippen molar-refractivity contribution in [2.24, 2.45) is 0 Å². The van der Waals surface area contributed by atoms with Crippen LogP contribution in [0.2, 0.25) is 0 Å². The average molecular weight is 458 g/mol. The van der Waals surface area contributed by atoms with E-state index < -0.39 is 0 Å². The van der Waals surface area contributed by atoms with E-state index in [1.54, 1.807) is 6.07 Å². The summed E-state index contributed by atoms with van der Waals surface area (Å²) < 4.78 is 10.9. The molecule has 5 rings (SSSR count). The van der Waals surface area contributed by atoms with Crippen LogP contribution >= 0.6 is 12.2 Å². The van der Waals surface area contributed by atoms with Crippen molar-refractivity contribution < 1.29 is 9.47 Å². The number of aromatic amines is 1. The Bertz CT molecular complexity index is 1370. The number of nitrogens with zero attached hydrogens (tertiary/aromatic N) is 1. The van der Waals surface area contributed by atoms with E-state index in [0.717, 1.165) is 16.6 Å². The third-order valence-corrected chi connectivity index (χ3v) is 5.94. The van der Waals surface area contributed by atoms with Gasteiger partial charge in [-0.25, -0.2) is 0 Å². The highest BCUT2D eigenvalue weighted by Gasteiger charge is 2.18. The summed E-state index contributed by atoms with van der Waals surface area (Å²) in [6, 6.07) is 23.7. The van der Waals surface area contributed by atoms with E-state index in [1.165, 1.54) is 5.56 Å². The van der Waals surface area contributed by atoms with Crippen LogP contribution in [-0.2, 0) is 13.1 Å². The summed E-state index contributed by atoms with van der Waals surface area (Å²) in [6.07, 6.45) is 0. The van der Waals surface area contributed by atoms with E-state index in [4.69, 9.17) is 21.7 Å².